The third-order valence-electron chi connectivity index (χ3n) is 2.42. The van der Waals surface area contributed by atoms with Crippen LogP contribution in [-0.2, 0) is 4.79 Å². The number of ketones is 1. The SMILES string of the molecule is Cc1ccc(OC(C)(Br)C(=O)C(C)(C)C)cc1. The molecule has 2 nitrogen and oxygen atoms in total. The van der Waals surface area contributed by atoms with E-state index in [9.17, 15) is 4.79 Å². The van der Waals surface area contributed by atoms with Crippen LogP contribution in [0.5, 0.6) is 5.75 Å². The molecule has 0 saturated carbocycles. The first-order valence-corrected chi connectivity index (χ1v) is 6.42. The molecule has 0 aliphatic carbocycles. The third-order valence-corrected chi connectivity index (χ3v) is 2.94. The Bertz CT molecular complexity index is 399. The standard InChI is InChI=1S/C14H19BrO2/c1-10-6-8-11(9-7-10)17-14(5,15)12(16)13(2,3)4/h6-9H,1-5H3. The van der Waals surface area contributed by atoms with Crippen molar-refractivity contribution in [2.75, 3.05) is 0 Å². The Balaban J connectivity index is 2.86. The zero-order valence-corrected chi connectivity index (χ0v) is 12.6. The molecule has 1 aromatic rings. The van der Waals surface area contributed by atoms with Crippen LogP contribution in [0, 0.1) is 12.3 Å². The van der Waals surface area contributed by atoms with E-state index in [2.05, 4.69) is 15.9 Å². The molecule has 1 rings (SSSR count). The van der Waals surface area contributed by atoms with E-state index in [1.165, 1.54) is 0 Å². The van der Waals surface area contributed by atoms with Crippen LogP contribution >= 0.6 is 15.9 Å². The second-order valence-corrected chi connectivity index (χ2v) is 6.92. The molecule has 0 N–H and O–H groups in total. The van der Waals surface area contributed by atoms with Gasteiger partial charge in [-0.1, -0.05) is 38.5 Å². The number of Topliss-reactive ketones (excluding diaryl/α,β-unsaturated/α-hetero) is 1. The highest BCUT2D eigenvalue weighted by atomic mass is 79.9. The van der Waals surface area contributed by atoms with E-state index in [0.717, 1.165) is 5.56 Å². The Kier molecular flexibility index (Phi) is 4.03. The number of aryl methyl sites for hydroxylation is 1. The van der Waals surface area contributed by atoms with Gasteiger partial charge in [-0.15, -0.1) is 0 Å². The van der Waals surface area contributed by atoms with Crippen molar-refractivity contribution in [3.8, 4) is 5.75 Å². The second kappa shape index (κ2) is 4.81. The first-order valence-electron chi connectivity index (χ1n) is 5.62. The van der Waals surface area contributed by atoms with Crippen LogP contribution < -0.4 is 4.74 Å². The Morgan fingerprint density at radius 3 is 2.00 bits per heavy atom. The van der Waals surface area contributed by atoms with Gasteiger partial charge in [0, 0.05) is 5.41 Å². The number of benzene rings is 1. The lowest BCUT2D eigenvalue weighted by Gasteiger charge is -2.29. The molecule has 0 saturated heterocycles. The lowest BCUT2D eigenvalue weighted by molar-refractivity contribution is -0.134. The molecule has 3 heteroatoms. The molecule has 0 radical (unpaired) electrons. The first-order chi connectivity index (χ1) is 7.63. The maximum atomic E-state index is 12.2. The summed E-state index contributed by atoms with van der Waals surface area (Å²) in [6, 6.07) is 7.65. The monoisotopic (exact) mass is 298 g/mol. The van der Waals surface area contributed by atoms with Gasteiger partial charge in [-0.05, 0) is 41.9 Å². The van der Waals surface area contributed by atoms with Crippen LogP contribution in [0.3, 0.4) is 0 Å². The van der Waals surface area contributed by atoms with Crippen LogP contribution in [0.2, 0.25) is 0 Å². The van der Waals surface area contributed by atoms with Gasteiger partial charge in [0.2, 0.25) is 4.51 Å². The molecule has 94 valence electrons. The molecule has 0 aliphatic heterocycles. The van der Waals surface area contributed by atoms with Crippen LogP contribution in [0.15, 0.2) is 24.3 Å². The average Bonchev–Trinajstić information content (AvgIpc) is 2.19. The van der Waals surface area contributed by atoms with Crippen molar-refractivity contribution in [2.24, 2.45) is 5.41 Å². The van der Waals surface area contributed by atoms with Crippen molar-refractivity contribution in [1.29, 1.82) is 0 Å². The zero-order valence-electron chi connectivity index (χ0n) is 11.0. The maximum Gasteiger partial charge on any atom is 0.218 e. The minimum atomic E-state index is -0.986. The number of alkyl halides is 1. The number of carbonyl (C=O) groups is 1. The van der Waals surface area contributed by atoms with Gasteiger partial charge in [0.15, 0.2) is 5.78 Å². The lowest BCUT2D eigenvalue weighted by atomic mass is 9.88. The van der Waals surface area contributed by atoms with Crippen molar-refractivity contribution in [3.05, 3.63) is 29.8 Å². The fourth-order valence-corrected chi connectivity index (χ4v) is 2.33. The Labute approximate surface area is 111 Å². The van der Waals surface area contributed by atoms with E-state index in [-0.39, 0.29) is 5.78 Å². The van der Waals surface area contributed by atoms with E-state index in [1.807, 2.05) is 52.0 Å². The van der Waals surface area contributed by atoms with Crippen molar-refractivity contribution in [1.82, 2.24) is 0 Å². The van der Waals surface area contributed by atoms with Gasteiger partial charge >= 0.3 is 0 Å². The summed E-state index contributed by atoms with van der Waals surface area (Å²) < 4.78 is 4.73. The number of hydrogen-bond acceptors (Lipinski definition) is 2. The van der Waals surface area contributed by atoms with Crippen molar-refractivity contribution >= 4 is 21.7 Å². The van der Waals surface area contributed by atoms with E-state index in [1.54, 1.807) is 6.92 Å². The summed E-state index contributed by atoms with van der Waals surface area (Å²) in [6.07, 6.45) is 0. The smallest absolute Gasteiger partial charge is 0.218 e. The van der Waals surface area contributed by atoms with Crippen LogP contribution in [0.4, 0.5) is 0 Å². The maximum absolute atomic E-state index is 12.2. The highest BCUT2D eigenvalue weighted by Gasteiger charge is 2.39. The number of ether oxygens (including phenoxy) is 1. The molecule has 0 fully saturated rings. The molecule has 17 heavy (non-hydrogen) atoms. The van der Waals surface area contributed by atoms with E-state index in [4.69, 9.17) is 4.74 Å². The Morgan fingerprint density at radius 1 is 1.12 bits per heavy atom. The highest BCUT2D eigenvalue weighted by molar-refractivity contribution is 9.10. The van der Waals surface area contributed by atoms with Crippen molar-refractivity contribution in [2.45, 2.75) is 39.1 Å². The Hall–Kier alpha value is -0.830. The van der Waals surface area contributed by atoms with Crippen LogP contribution in [-0.4, -0.2) is 10.3 Å². The fourth-order valence-electron chi connectivity index (χ4n) is 1.54. The molecule has 0 heterocycles. The largest absolute Gasteiger partial charge is 0.469 e. The first kappa shape index (κ1) is 14.2. The minimum absolute atomic E-state index is 0.0191. The van der Waals surface area contributed by atoms with E-state index < -0.39 is 9.93 Å². The number of halogens is 1. The normalized spacial score (nSPS) is 15.2. The van der Waals surface area contributed by atoms with Gasteiger partial charge in [-0.25, -0.2) is 0 Å². The molecule has 1 atom stereocenters. The average molecular weight is 299 g/mol. The summed E-state index contributed by atoms with van der Waals surface area (Å²) in [4.78, 5) is 12.2. The number of rotatable bonds is 3. The molecule has 0 aromatic heterocycles. The van der Waals surface area contributed by atoms with Crippen LogP contribution in [0.1, 0.15) is 33.3 Å². The van der Waals surface area contributed by atoms with Gasteiger partial charge in [-0.2, -0.15) is 0 Å². The molecule has 1 unspecified atom stereocenters. The van der Waals surface area contributed by atoms with Gasteiger partial charge in [-0.3, -0.25) is 4.79 Å². The molecule has 1 aromatic carbocycles. The fraction of sp³-hybridized carbons (Fsp3) is 0.500. The predicted molar refractivity (Wildman–Crippen MR) is 73.6 cm³/mol. The number of carbonyl (C=O) groups excluding carboxylic acids is 1. The van der Waals surface area contributed by atoms with E-state index >= 15 is 0 Å². The molecular formula is C14H19BrO2. The lowest BCUT2D eigenvalue weighted by Crippen LogP contribution is -2.42. The summed E-state index contributed by atoms with van der Waals surface area (Å²) in [6.45, 7) is 9.39. The van der Waals surface area contributed by atoms with Crippen LogP contribution in [0.25, 0.3) is 0 Å². The van der Waals surface area contributed by atoms with E-state index in [0.29, 0.717) is 5.75 Å². The summed E-state index contributed by atoms with van der Waals surface area (Å²) in [5, 5.41) is 0. The Morgan fingerprint density at radius 2 is 1.59 bits per heavy atom. The molecule has 0 aliphatic rings. The second-order valence-electron chi connectivity index (χ2n) is 5.41. The van der Waals surface area contributed by atoms with Gasteiger partial charge in [0.1, 0.15) is 5.75 Å². The summed E-state index contributed by atoms with van der Waals surface area (Å²) in [5.41, 5.74) is 0.721. The quantitative estimate of drug-likeness (QED) is 0.785. The van der Waals surface area contributed by atoms with Crippen molar-refractivity contribution < 1.29 is 9.53 Å². The highest BCUT2D eigenvalue weighted by Crippen LogP contribution is 2.32. The molecule has 0 amide bonds. The molecule has 0 bridgehead atoms. The van der Waals surface area contributed by atoms with Gasteiger partial charge in [0.25, 0.3) is 0 Å². The van der Waals surface area contributed by atoms with Gasteiger partial charge < -0.3 is 4.74 Å². The van der Waals surface area contributed by atoms with Crippen molar-refractivity contribution in [3.63, 3.8) is 0 Å². The summed E-state index contributed by atoms with van der Waals surface area (Å²) >= 11 is 3.37. The topological polar surface area (TPSA) is 26.3 Å². The third kappa shape index (κ3) is 3.84. The molecule has 0 spiro atoms. The molecular weight excluding hydrogens is 280 g/mol. The number of hydrogen-bond donors (Lipinski definition) is 0. The minimum Gasteiger partial charge on any atom is -0.469 e. The summed E-state index contributed by atoms with van der Waals surface area (Å²) in [5.74, 6) is 0.707. The van der Waals surface area contributed by atoms with Gasteiger partial charge in [0.05, 0.1) is 0 Å². The predicted octanol–water partition coefficient (Wildman–Crippen LogP) is 4.10. The summed E-state index contributed by atoms with van der Waals surface area (Å²) in [7, 11) is 0. The zero-order chi connectivity index (χ0) is 13.3.